The summed E-state index contributed by atoms with van der Waals surface area (Å²) in [6.45, 7) is 8.50. The summed E-state index contributed by atoms with van der Waals surface area (Å²) < 4.78 is 0. The van der Waals surface area contributed by atoms with Crippen LogP contribution in [-0.2, 0) is 0 Å². The Labute approximate surface area is 158 Å². The smallest absolute Gasteiger partial charge is 0.0959 e. The Bertz CT molecular complexity index is 578. The molecule has 0 aromatic carbocycles. The van der Waals surface area contributed by atoms with Gasteiger partial charge < -0.3 is 20.4 Å². The van der Waals surface area contributed by atoms with Gasteiger partial charge in [0, 0.05) is 5.41 Å². The van der Waals surface area contributed by atoms with Crippen LogP contribution < -0.4 is 0 Å². The zero-order valence-electron chi connectivity index (χ0n) is 16.9. The molecule has 0 saturated heterocycles. The van der Waals surface area contributed by atoms with Gasteiger partial charge >= 0.3 is 0 Å². The van der Waals surface area contributed by atoms with Crippen molar-refractivity contribution >= 4 is 0 Å². The van der Waals surface area contributed by atoms with Gasteiger partial charge in [-0.3, -0.25) is 0 Å². The van der Waals surface area contributed by atoms with Gasteiger partial charge in [0.25, 0.3) is 0 Å². The molecule has 0 amide bonds. The molecule has 0 spiro atoms. The lowest BCUT2D eigenvalue weighted by Gasteiger charge is -2.66. The van der Waals surface area contributed by atoms with Gasteiger partial charge in [0.05, 0.1) is 23.9 Å². The molecular formula is C22H38O4. The average molecular weight is 367 g/mol. The van der Waals surface area contributed by atoms with Gasteiger partial charge in [-0.1, -0.05) is 20.8 Å². The normalized spacial score (nSPS) is 60.7. The maximum absolute atomic E-state index is 11.4. The minimum atomic E-state index is -1.09. The Morgan fingerprint density at radius 2 is 1.58 bits per heavy atom. The Morgan fingerprint density at radius 1 is 0.885 bits per heavy atom. The molecule has 10 atom stereocenters. The summed E-state index contributed by atoms with van der Waals surface area (Å²) in [7, 11) is 0. The van der Waals surface area contributed by atoms with Gasteiger partial charge in [0.1, 0.15) is 0 Å². The van der Waals surface area contributed by atoms with Crippen LogP contribution >= 0.6 is 0 Å². The zero-order valence-corrected chi connectivity index (χ0v) is 16.9. The van der Waals surface area contributed by atoms with Crippen LogP contribution in [0.5, 0.6) is 0 Å². The number of fused-ring (bicyclic) bond motifs is 5. The number of aliphatic hydroxyl groups excluding tert-OH is 3. The molecule has 0 aliphatic heterocycles. The van der Waals surface area contributed by atoms with Crippen molar-refractivity contribution in [2.45, 2.75) is 103 Å². The topological polar surface area (TPSA) is 80.9 Å². The molecule has 4 N–H and O–H groups in total. The summed E-state index contributed by atoms with van der Waals surface area (Å²) in [4.78, 5) is 0. The average Bonchev–Trinajstić information content (AvgIpc) is 2.81. The maximum Gasteiger partial charge on any atom is 0.0959 e. The first kappa shape index (κ1) is 19.2. The van der Waals surface area contributed by atoms with Crippen LogP contribution in [0.1, 0.15) is 79.1 Å². The van der Waals surface area contributed by atoms with E-state index in [1.165, 1.54) is 0 Å². The fourth-order valence-electron chi connectivity index (χ4n) is 8.44. The van der Waals surface area contributed by atoms with Crippen LogP contribution in [0, 0.1) is 34.0 Å². The second-order valence-electron chi connectivity index (χ2n) is 11.0. The SMILES string of the molecule is C[C@H](O)[C@@]1(O)CC[C@@H]2[C@@H]3CC[C@]4(C)C[C@H](O)CC[C@]4(C)[C@@H]3[C@H](O)C[C@@]21C. The molecule has 26 heavy (non-hydrogen) atoms. The van der Waals surface area contributed by atoms with Gasteiger partial charge in [-0.25, -0.2) is 0 Å². The Morgan fingerprint density at radius 3 is 2.23 bits per heavy atom. The van der Waals surface area contributed by atoms with Crippen LogP contribution in [0.25, 0.3) is 0 Å². The van der Waals surface area contributed by atoms with Crippen LogP contribution in [0.15, 0.2) is 0 Å². The lowest BCUT2D eigenvalue weighted by atomic mass is 9.39. The summed E-state index contributed by atoms with van der Waals surface area (Å²) in [5.74, 6) is 1.01. The molecule has 0 aromatic rings. The summed E-state index contributed by atoms with van der Waals surface area (Å²) in [6.07, 6.45) is 5.56. The molecule has 4 nitrogen and oxygen atoms in total. The predicted octanol–water partition coefficient (Wildman–Crippen LogP) is 2.86. The van der Waals surface area contributed by atoms with Gasteiger partial charge in [0.15, 0.2) is 0 Å². The summed E-state index contributed by atoms with van der Waals surface area (Å²) in [5, 5.41) is 43.3. The molecule has 4 saturated carbocycles. The van der Waals surface area contributed by atoms with Crippen LogP contribution in [0.2, 0.25) is 0 Å². The van der Waals surface area contributed by atoms with Crippen molar-refractivity contribution in [1.82, 2.24) is 0 Å². The lowest BCUT2D eigenvalue weighted by molar-refractivity contribution is -0.235. The number of hydrogen-bond acceptors (Lipinski definition) is 4. The van der Waals surface area contributed by atoms with Gasteiger partial charge in [-0.15, -0.1) is 0 Å². The molecule has 0 aromatic heterocycles. The lowest BCUT2D eigenvalue weighted by Crippen LogP contribution is -2.65. The molecule has 0 radical (unpaired) electrons. The van der Waals surface area contributed by atoms with E-state index in [4.69, 9.17) is 0 Å². The van der Waals surface area contributed by atoms with E-state index >= 15 is 0 Å². The Balaban J connectivity index is 1.72. The van der Waals surface area contributed by atoms with Gasteiger partial charge in [-0.05, 0) is 86.9 Å². The van der Waals surface area contributed by atoms with Crippen molar-refractivity contribution in [3.8, 4) is 0 Å². The molecule has 150 valence electrons. The third-order valence-electron chi connectivity index (χ3n) is 10.2. The summed E-state index contributed by atoms with van der Waals surface area (Å²) >= 11 is 0. The first-order chi connectivity index (χ1) is 12.0. The molecule has 0 bridgehead atoms. The maximum atomic E-state index is 11.4. The van der Waals surface area contributed by atoms with E-state index in [-0.39, 0.29) is 22.9 Å². The second-order valence-corrected chi connectivity index (χ2v) is 11.0. The molecular weight excluding hydrogens is 328 g/mol. The fraction of sp³-hybridized carbons (Fsp3) is 1.00. The van der Waals surface area contributed by atoms with Crippen LogP contribution in [0.3, 0.4) is 0 Å². The molecule has 4 aliphatic carbocycles. The van der Waals surface area contributed by atoms with E-state index in [1.54, 1.807) is 6.92 Å². The van der Waals surface area contributed by atoms with E-state index in [0.29, 0.717) is 24.7 Å². The quantitative estimate of drug-likeness (QED) is 0.575. The van der Waals surface area contributed by atoms with Crippen molar-refractivity contribution in [2.75, 3.05) is 0 Å². The molecule has 0 heterocycles. The van der Waals surface area contributed by atoms with E-state index in [0.717, 1.165) is 38.5 Å². The van der Waals surface area contributed by atoms with Crippen molar-refractivity contribution in [1.29, 1.82) is 0 Å². The van der Waals surface area contributed by atoms with Gasteiger partial charge in [-0.2, -0.15) is 0 Å². The Kier molecular flexibility index (Phi) is 4.19. The van der Waals surface area contributed by atoms with E-state index in [9.17, 15) is 20.4 Å². The molecule has 0 unspecified atom stereocenters. The fourth-order valence-corrected chi connectivity index (χ4v) is 8.44. The largest absolute Gasteiger partial charge is 0.393 e. The first-order valence-electron chi connectivity index (χ1n) is 10.8. The highest BCUT2D eigenvalue weighted by atomic mass is 16.3. The Hall–Kier alpha value is -0.160. The van der Waals surface area contributed by atoms with Crippen molar-refractivity contribution in [3.05, 3.63) is 0 Å². The standard InChI is InChI=1S/C22H38O4/c1-13(23)22(26)10-7-16-15-6-8-19(2)11-14(24)5-9-20(19,3)18(15)17(25)12-21(16,22)4/h13-18,23-26H,5-12H2,1-4H3/t13-,14+,15-,16+,17+,18-,19+,20+,21-,22-/m0/s1. The molecule has 4 fully saturated rings. The number of hydrogen-bond donors (Lipinski definition) is 4. The van der Waals surface area contributed by atoms with Crippen LogP contribution in [0.4, 0.5) is 0 Å². The van der Waals surface area contributed by atoms with E-state index in [1.807, 2.05) is 0 Å². The van der Waals surface area contributed by atoms with Crippen molar-refractivity contribution in [2.24, 2.45) is 34.0 Å². The number of aliphatic hydroxyl groups is 4. The molecule has 4 aliphatic rings. The minimum Gasteiger partial charge on any atom is -0.393 e. The predicted molar refractivity (Wildman–Crippen MR) is 100 cm³/mol. The number of rotatable bonds is 1. The van der Waals surface area contributed by atoms with Gasteiger partial charge in [0.2, 0.25) is 0 Å². The van der Waals surface area contributed by atoms with E-state index < -0.39 is 23.2 Å². The minimum absolute atomic E-state index is 0.0431. The summed E-state index contributed by atoms with van der Waals surface area (Å²) in [5.41, 5.74) is -1.38. The highest BCUT2D eigenvalue weighted by Crippen LogP contribution is 2.71. The summed E-state index contributed by atoms with van der Waals surface area (Å²) in [6, 6.07) is 0. The van der Waals surface area contributed by atoms with Crippen molar-refractivity contribution in [3.63, 3.8) is 0 Å². The molecule has 4 heteroatoms. The molecule has 4 rings (SSSR count). The van der Waals surface area contributed by atoms with Crippen molar-refractivity contribution < 1.29 is 20.4 Å². The highest BCUT2D eigenvalue weighted by molar-refractivity contribution is 5.18. The van der Waals surface area contributed by atoms with E-state index in [2.05, 4.69) is 20.8 Å². The third-order valence-corrected chi connectivity index (χ3v) is 10.2. The first-order valence-corrected chi connectivity index (χ1v) is 10.8. The second kappa shape index (κ2) is 5.68. The highest BCUT2D eigenvalue weighted by Gasteiger charge is 2.69. The zero-order chi connectivity index (χ0) is 19.1. The third kappa shape index (κ3) is 2.16. The monoisotopic (exact) mass is 366 g/mol. The van der Waals surface area contributed by atoms with Crippen LogP contribution in [-0.4, -0.2) is 44.3 Å².